The number of ether oxygens (including phenoxy) is 1. The topological polar surface area (TPSA) is 78.2 Å². The summed E-state index contributed by atoms with van der Waals surface area (Å²) in [6.07, 6.45) is 7.77. The fourth-order valence-corrected chi connectivity index (χ4v) is 5.72. The van der Waals surface area contributed by atoms with E-state index in [1.807, 2.05) is 60.7 Å². The molecule has 0 spiro atoms. The Morgan fingerprint density at radius 2 is 1.66 bits per heavy atom. The van der Waals surface area contributed by atoms with Crippen LogP contribution in [0.1, 0.15) is 55.6 Å². The summed E-state index contributed by atoms with van der Waals surface area (Å²) in [7, 11) is 0. The Kier molecular flexibility index (Phi) is 8.89. The minimum atomic E-state index is -0.863. The molecule has 0 unspecified atom stereocenters. The molecule has 1 saturated carbocycles. The van der Waals surface area contributed by atoms with Crippen LogP contribution in [0.4, 0.5) is 0 Å². The first-order chi connectivity index (χ1) is 16.4. The van der Waals surface area contributed by atoms with Crippen molar-refractivity contribution >= 4 is 11.9 Å². The van der Waals surface area contributed by atoms with Crippen LogP contribution < -0.4 is 27.3 Å². The first-order valence-corrected chi connectivity index (χ1v) is 12.1. The van der Waals surface area contributed by atoms with E-state index in [1.54, 1.807) is 0 Å². The number of nitrogens with zero attached hydrogens (tertiary/aromatic N) is 2. The lowest BCUT2D eigenvalue weighted by Crippen LogP contribution is -3.00. The van der Waals surface area contributed by atoms with Crippen LogP contribution >= 0.6 is 0 Å². The summed E-state index contributed by atoms with van der Waals surface area (Å²) >= 11 is 0. The van der Waals surface area contributed by atoms with Crippen LogP contribution in [0, 0.1) is 12.8 Å². The number of nitrogens with two attached hydrogens (primary N) is 1. The average Bonchev–Trinajstić information content (AvgIpc) is 3.45. The van der Waals surface area contributed by atoms with Gasteiger partial charge in [-0.2, -0.15) is 0 Å². The summed E-state index contributed by atoms with van der Waals surface area (Å²) in [6, 6.07) is 20.3. The SMILES string of the molecule is CC(=O)OCCCn1cc[n+]([C@H]2CC[C@@H](C(C(N)=O)(c3ccccc3)c3ccccc3)C2)c1C.[Br-]. The molecule has 1 aliphatic rings. The number of imidazole rings is 1. The van der Waals surface area contributed by atoms with E-state index >= 15 is 0 Å². The Labute approximate surface area is 217 Å². The molecule has 1 fully saturated rings. The van der Waals surface area contributed by atoms with E-state index in [0.29, 0.717) is 12.6 Å². The molecule has 6 nitrogen and oxygen atoms in total. The highest BCUT2D eigenvalue weighted by molar-refractivity contribution is 5.91. The standard InChI is InChI=1S/C28H33N3O3.BrH/c1-21-30(16-9-19-34-22(2)32)17-18-31(21)26-15-14-25(20-26)28(27(29)33,23-10-5-3-6-11-23)24-12-7-4-8-13-24;/h3-8,10-13,17-18,25-26H,9,14-16,19-20H2,1-2H3,(H-,29,33);1H/t25-,26+;/m1./s1. The molecule has 0 saturated heterocycles. The van der Waals surface area contributed by atoms with Gasteiger partial charge in [-0.1, -0.05) is 60.7 Å². The summed E-state index contributed by atoms with van der Waals surface area (Å²) in [4.78, 5) is 24.3. The molecule has 1 amide bonds. The van der Waals surface area contributed by atoms with Crippen molar-refractivity contribution in [3.63, 3.8) is 0 Å². The van der Waals surface area contributed by atoms with Gasteiger partial charge in [-0.05, 0) is 36.3 Å². The number of aryl methyl sites for hydroxylation is 1. The van der Waals surface area contributed by atoms with Crippen molar-refractivity contribution in [3.8, 4) is 0 Å². The quantitative estimate of drug-likeness (QED) is 0.249. The molecule has 1 heterocycles. The number of primary amides is 1. The van der Waals surface area contributed by atoms with Crippen molar-refractivity contribution in [2.45, 2.75) is 57.5 Å². The molecular weight excluding hydrogens is 506 g/mol. The molecule has 0 radical (unpaired) electrons. The molecule has 2 N–H and O–H groups in total. The third-order valence-electron chi connectivity index (χ3n) is 7.30. The summed E-state index contributed by atoms with van der Waals surface area (Å²) in [5, 5.41) is 0. The number of esters is 1. The number of halogens is 1. The third kappa shape index (κ3) is 5.35. The van der Waals surface area contributed by atoms with Crippen LogP contribution in [-0.2, 0) is 26.3 Å². The van der Waals surface area contributed by atoms with Gasteiger partial charge in [0.15, 0.2) is 0 Å². The lowest BCUT2D eigenvalue weighted by atomic mass is 9.64. The summed E-state index contributed by atoms with van der Waals surface area (Å²) in [6.45, 7) is 4.77. The van der Waals surface area contributed by atoms with E-state index in [-0.39, 0.29) is 34.8 Å². The van der Waals surface area contributed by atoms with Crippen LogP contribution in [0.25, 0.3) is 0 Å². The monoisotopic (exact) mass is 539 g/mol. The van der Waals surface area contributed by atoms with Gasteiger partial charge in [0.2, 0.25) is 5.91 Å². The van der Waals surface area contributed by atoms with E-state index < -0.39 is 5.41 Å². The number of carbonyl (C=O) groups excluding carboxylic acids is 2. The predicted molar refractivity (Wildman–Crippen MR) is 130 cm³/mol. The molecule has 7 heteroatoms. The molecule has 2 atom stereocenters. The Hall–Kier alpha value is -2.93. The van der Waals surface area contributed by atoms with Gasteiger partial charge in [0.05, 0.1) is 13.2 Å². The minimum absolute atomic E-state index is 0. The minimum Gasteiger partial charge on any atom is -1.00 e. The molecule has 186 valence electrons. The van der Waals surface area contributed by atoms with E-state index in [2.05, 4.69) is 28.5 Å². The van der Waals surface area contributed by atoms with Gasteiger partial charge >= 0.3 is 5.97 Å². The maximum absolute atomic E-state index is 13.3. The van der Waals surface area contributed by atoms with Crippen LogP contribution in [-0.4, -0.2) is 23.1 Å². The van der Waals surface area contributed by atoms with E-state index in [0.717, 1.165) is 49.2 Å². The van der Waals surface area contributed by atoms with Gasteiger partial charge in [-0.25, -0.2) is 9.13 Å². The molecule has 1 aliphatic carbocycles. The highest BCUT2D eigenvalue weighted by atomic mass is 79.9. The van der Waals surface area contributed by atoms with E-state index in [1.165, 1.54) is 6.92 Å². The van der Waals surface area contributed by atoms with Crippen molar-refractivity contribution in [1.82, 2.24) is 4.57 Å². The van der Waals surface area contributed by atoms with Gasteiger partial charge in [-0.3, -0.25) is 9.59 Å². The summed E-state index contributed by atoms with van der Waals surface area (Å²) < 4.78 is 9.59. The molecule has 3 aromatic rings. The van der Waals surface area contributed by atoms with Crippen molar-refractivity contribution in [3.05, 3.63) is 90.0 Å². The van der Waals surface area contributed by atoms with Crippen molar-refractivity contribution < 1.29 is 35.9 Å². The average molecular weight is 541 g/mol. The van der Waals surface area contributed by atoms with Crippen molar-refractivity contribution in [2.75, 3.05) is 6.61 Å². The van der Waals surface area contributed by atoms with Crippen LogP contribution in [0.15, 0.2) is 73.1 Å². The lowest BCUT2D eigenvalue weighted by molar-refractivity contribution is -0.727. The predicted octanol–water partition coefficient (Wildman–Crippen LogP) is 0.854. The lowest BCUT2D eigenvalue weighted by Gasteiger charge is -2.37. The van der Waals surface area contributed by atoms with Crippen LogP contribution in [0.2, 0.25) is 0 Å². The zero-order chi connectivity index (χ0) is 24.1. The van der Waals surface area contributed by atoms with Gasteiger partial charge in [-0.15, -0.1) is 0 Å². The fraction of sp³-hybridized carbons (Fsp3) is 0.393. The molecule has 4 rings (SSSR count). The molecule has 1 aromatic heterocycles. The summed E-state index contributed by atoms with van der Waals surface area (Å²) in [5.41, 5.74) is 7.30. The van der Waals surface area contributed by atoms with Gasteiger partial charge in [0, 0.05) is 20.3 Å². The number of rotatable bonds is 9. The Morgan fingerprint density at radius 1 is 1.06 bits per heavy atom. The number of hydrogen-bond acceptors (Lipinski definition) is 3. The smallest absolute Gasteiger partial charge is 0.302 e. The third-order valence-corrected chi connectivity index (χ3v) is 7.30. The second-order valence-corrected chi connectivity index (χ2v) is 9.21. The number of carbonyl (C=O) groups is 2. The second-order valence-electron chi connectivity index (χ2n) is 9.21. The molecule has 35 heavy (non-hydrogen) atoms. The molecule has 0 aliphatic heterocycles. The maximum Gasteiger partial charge on any atom is 0.302 e. The first-order valence-electron chi connectivity index (χ1n) is 12.1. The Bertz CT molecular complexity index is 1090. The second kappa shape index (κ2) is 11.7. The van der Waals surface area contributed by atoms with Crippen molar-refractivity contribution in [1.29, 1.82) is 0 Å². The highest BCUT2D eigenvalue weighted by Gasteiger charge is 2.51. The van der Waals surface area contributed by atoms with Crippen molar-refractivity contribution in [2.24, 2.45) is 11.7 Å². The Morgan fingerprint density at radius 3 is 2.20 bits per heavy atom. The van der Waals surface area contributed by atoms with E-state index in [4.69, 9.17) is 10.5 Å². The normalized spacial score (nSPS) is 17.5. The van der Waals surface area contributed by atoms with Gasteiger partial charge in [0.1, 0.15) is 23.9 Å². The number of hydrogen-bond donors (Lipinski definition) is 1. The Balaban J connectivity index is 0.00000342. The number of amides is 1. The van der Waals surface area contributed by atoms with E-state index in [9.17, 15) is 9.59 Å². The van der Waals surface area contributed by atoms with Gasteiger partial charge < -0.3 is 27.5 Å². The maximum atomic E-state index is 13.3. The number of aromatic nitrogens is 2. The molecule has 2 aromatic carbocycles. The highest BCUT2D eigenvalue weighted by Crippen LogP contribution is 2.48. The fourth-order valence-electron chi connectivity index (χ4n) is 5.72. The number of benzene rings is 2. The largest absolute Gasteiger partial charge is 1.00 e. The molecule has 0 bridgehead atoms. The zero-order valence-corrected chi connectivity index (χ0v) is 22.0. The van der Waals surface area contributed by atoms with Crippen LogP contribution in [0.3, 0.4) is 0 Å². The first kappa shape index (κ1) is 26.7. The van der Waals surface area contributed by atoms with Gasteiger partial charge in [0.25, 0.3) is 5.82 Å². The zero-order valence-electron chi connectivity index (χ0n) is 20.4. The van der Waals surface area contributed by atoms with Crippen LogP contribution in [0.5, 0.6) is 0 Å². The summed E-state index contributed by atoms with van der Waals surface area (Å²) in [5.74, 6) is 0.725. The molecular formula is C28H34BrN3O3.